The molecular formula is C30H41N5O6. The van der Waals surface area contributed by atoms with Crippen LogP contribution >= 0.6 is 0 Å². The number of hydrogen-bond donors (Lipinski definition) is 2. The quantitative estimate of drug-likeness (QED) is 0.492. The first kappa shape index (κ1) is 29.3. The number of carbonyl (C=O) groups is 2. The fourth-order valence-electron chi connectivity index (χ4n) is 6.54. The lowest BCUT2D eigenvalue weighted by Gasteiger charge is -2.36. The van der Waals surface area contributed by atoms with Crippen LogP contribution in [0.3, 0.4) is 0 Å². The number of nitrogens with zero attached hydrogens (tertiary/aromatic N) is 4. The van der Waals surface area contributed by atoms with Crippen molar-refractivity contribution < 1.29 is 28.9 Å². The fourth-order valence-corrected chi connectivity index (χ4v) is 6.54. The molecule has 0 bridgehead atoms. The first-order chi connectivity index (χ1) is 19.4. The van der Waals surface area contributed by atoms with Gasteiger partial charge >= 0.3 is 11.9 Å². The summed E-state index contributed by atoms with van der Waals surface area (Å²) in [4.78, 5) is 31.1. The summed E-state index contributed by atoms with van der Waals surface area (Å²) in [7, 11) is 0. The summed E-state index contributed by atoms with van der Waals surface area (Å²) < 4.78 is 19.8. The number of nitrogens with two attached hydrogens (primary N) is 1. The van der Waals surface area contributed by atoms with Gasteiger partial charge in [0.1, 0.15) is 24.0 Å². The molecule has 0 amide bonds. The normalized spacial score (nSPS) is 30.1. The van der Waals surface area contributed by atoms with Gasteiger partial charge in [0.25, 0.3) is 0 Å². The minimum atomic E-state index is -1.93. The number of aromatic nitrogens is 3. The molecule has 3 fully saturated rings. The largest absolute Gasteiger partial charge is 0.455 e. The second-order valence-corrected chi connectivity index (χ2v) is 13.5. The molecule has 2 saturated carbocycles. The Kier molecular flexibility index (Phi) is 7.76. The standard InChI is InChI=1S/C30H41N5O6/c1-28(2)11-7-18(8-12-28)26(37)39-23-21(15-36)41-30(16-31,22-6-5-20-25(32)33-17-34-35(20)22)24(23)40-27(38)19-9-13-29(3,4)14-10-19/h5-6,17-19,21,23-24,36H,7-15H2,1-4H3,(H2,32,33,34)/t21-,23-,24-,30+/m1/s1. The smallest absolute Gasteiger partial charge is 0.309 e. The maximum absolute atomic E-state index is 13.6. The van der Waals surface area contributed by atoms with Crippen molar-refractivity contribution in [2.75, 3.05) is 12.3 Å². The summed E-state index contributed by atoms with van der Waals surface area (Å²) >= 11 is 0. The third-order valence-electron chi connectivity index (χ3n) is 9.45. The van der Waals surface area contributed by atoms with E-state index in [0.29, 0.717) is 31.2 Å². The molecule has 3 heterocycles. The monoisotopic (exact) mass is 567 g/mol. The van der Waals surface area contributed by atoms with Gasteiger partial charge in [-0.2, -0.15) is 10.4 Å². The van der Waals surface area contributed by atoms with Crippen LogP contribution in [0.25, 0.3) is 5.52 Å². The van der Waals surface area contributed by atoms with E-state index in [1.807, 2.05) is 0 Å². The molecule has 11 heteroatoms. The SMILES string of the molecule is CC1(C)CCC(C(=O)O[C@H]2[C@@H](OC(=O)C3CCC(C)(C)CC3)[C@](C#N)(c3ccc4c(N)ncnn34)O[C@@H]2CO)CC1. The minimum absolute atomic E-state index is 0.142. The zero-order valence-corrected chi connectivity index (χ0v) is 24.3. The van der Waals surface area contributed by atoms with Crippen LogP contribution in [-0.2, 0) is 29.4 Å². The number of nitriles is 1. The molecule has 0 radical (unpaired) electrons. The van der Waals surface area contributed by atoms with E-state index in [1.54, 1.807) is 12.1 Å². The average Bonchev–Trinajstić information content (AvgIpc) is 3.49. The van der Waals surface area contributed by atoms with Crippen molar-refractivity contribution in [1.29, 1.82) is 5.26 Å². The Morgan fingerprint density at radius 2 is 1.61 bits per heavy atom. The maximum Gasteiger partial charge on any atom is 0.309 e. The first-order valence-electron chi connectivity index (χ1n) is 14.6. The van der Waals surface area contributed by atoms with Gasteiger partial charge in [0.15, 0.2) is 18.0 Å². The second kappa shape index (κ2) is 10.9. The van der Waals surface area contributed by atoms with Gasteiger partial charge in [-0.15, -0.1) is 0 Å². The molecule has 3 aliphatic rings. The van der Waals surface area contributed by atoms with E-state index in [-0.39, 0.29) is 34.2 Å². The summed E-state index contributed by atoms with van der Waals surface area (Å²) in [6.45, 7) is 8.17. The summed E-state index contributed by atoms with van der Waals surface area (Å²) in [6.07, 6.45) is 3.77. The number of hydrogen-bond acceptors (Lipinski definition) is 10. The Hall–Kier alpha value is -3.23. The zero-order valence-electron chi connectivity index (χ0n) is 24.3. The molecule has 222 valence electrons. The molecule has 11 nitrogen and oxygen atoms in total. The number of aliphatic hydroxyl groups is 1. The van der Waals surface area contributed by atoms with Crippen molar-refractivity contribution in [2.45, 2.75) is 103 Å². The molecule has 0 spiro atoms. The molecule has 0 aromatic carbocycles. The molecule has 41 heavy (non-hydrogen) atoms. The number of esters is 2. The van der Waals surface area contributed by atoms with Crippen LogP contribution in [0, 0.1) is 34.0 Å². The molecule has 1 saturated heterocycles. The first-order valence-corrected chi connectivity index (χ1v) is 14.6. The van der Waals surface area contributed by atoms with Crippen molar-refractivity contribution in [3.8, 4) is 6.07 Å². The lowest BCUT2D eigenvalue weighted by molar-refractivity contribution is -0.176. The lowest BCUT2D eigenvalue weighted by atomic mass is 9.73. The van der Waals surface area contributed by atoms with Crippen LogP contribution in [0.15, 0.2) is 18.5 Å². The van der Waals surface area contributed by atoms with Crippen LogP contribution in [0.5, 0.6) is 0 Å². The van der Waals surface area contributed by atoms with Crippen molar-refractivity contribution in [2.24, 2.45) is 22.7 Å². The summed E-state index contributed by atoms with van der Waals surface area (Å²) in [5.74, 6) is -1.39. The Morgan fingerprint density at radius 1 is 1.05 bits per heavy atom. The van der Waals surface area contributed by atoms with Crippen LogP contribution < -0.4 is 5.73 Å². The zero-order chi connectivity index (χ0) is 29.6. The number of nitrogen functional groups attached to an aromatic ring is 1. The predicted octanol–water partition coefficient (Wildman–Crippen LogP) is 3.68. The highest BCUT2D eigenvalue weighted by Gasteiger charge is 2.62. The number of fused-ring (bicyclic) bond motifs is 1. The van der Waals surface area contributed by atoms with Crippen LogP contribution in [0.1, 0.15) is 84.8 Å². The van der Waals surface area contributed by atoms with Crippen molar-refractivity contribution in [1.82, 2.24) is 14.6 Å². The van der Waals surface area contributed by atoms with Crippen LogP contribution in [-0.4, -0.2) is 56.6 Å². The van der Waals surface area contributed by atoms with E-state index in [4.69, 9.17) is 19.9 Å². The molecule has 5 rings (SSSR count). The van der Waals surface area contributed by atoms with Crippen molar-refractivity contribution >= 4 is 23.3 Å². The predicted molar refractivity (Wildman–Crippen MR) is 148 cm³/mol. The van der Waals surface area contributed by atoms with E-state index in [0.717, 1.165) is 25.7 Å². The van der Waals surface area contributed by atoms with Gasteiger partial charge in [-0.05, 0) is 74.3 Å². The van der Waals surface area contributed by atoms with Gasteiger partial charge in [-0.3, -0.25) is 9.59 Å². The van der Waals surface area contributed by atoms with Gasteiger partial charge < -0.3 is 25.1 Å². The fraction of sp³-hybridized carbons (Fsp3) is 0.700. The van der Waals surface area contributed by atoms with E-state index >= 15 is 0 Å². The highest BCUT2D eigenvalue weighted by atomic mass is 16.6. The third-order valence-corrected chi connectivity index (χ3v) is 9.45. The topological polar surface area (TPSA) is 162 Å². The Balaban J connectivity index is 1.50. The number of aliphatic hydroxyl groups excluding tert-OH is 1. The maximum atomic E-state index is 13.6. The lowest BCUT2D eigenvalue weighted by Crippen LogP contribution is -2.48. The van der Waals surface area contributed by atoms with Gasteiger partial charge in [0.05, 0.1) is 24.1 Å². The molecule has 4 atom stereocenters. The number of carbonyl (C=O) groups excluding carboxylic acids is 2. The Morgan fingerprint density at radius 3 is 2.15 bits per heavy atom. The van der Waals surface area contributed by atoms with Crippen LogP contribution in [0.2, 0.25) is 0 Å². The van der Waals surface area contributed by atoms with Gasteiger partial charge in [0, 0.05) is 0 Å². The summed E-state index contributed by atoms with van der Waals surface area (Å²) in [6, 6.07) is 5.45. The highest BCUT2D eigenvalue weighted by molar-refractivity contribution is 5.74. The number of ether oxygens (including phenoxy) is 3. The molecule has 0 unspecified atom stereocenters. The summed E-state index contributed by atoms with van der Waals surface area (Å²) in [5, 5.41) is 25.3. The third kappa shape index (κ3) is 5.52. The Labute approximate surface area is 240 Å². The van der Waals surface area contributed by atoms with E-state index in [1.165, 1.54) is 10.8 Å². The molecule has 2 aromatic rings. The molecule has 2 aliphatic carbocycles. The minimum Gasteiger partial charge on any atom is -0.455 e. The van der Waals surface area contributed by atoms with Gasteiger partial charge in [-0.25, -0.2) is 9.50 Å². The summed E-state index contributed by atoms with van der Waals surface area (Å²) in [5.41, 5.74) is 5.09. The van der Waals surface area contributed by atoms with Gasteiger partial charge in [-0.1, -0.05) is 27.7 Å². The highest BCUT2D eigenvalue weighted by Crippen LogP contribution is 2.46. The molecule has 2 aromatic heterocycles. The molecule has 3 N–H and O–H groups in total. The van der Waals surface area contributed by atoms with Crippen LogP contribution in [0.4, 0.5) is 5.82 Å². The van der Waals surface area contributed by atoms with Crippen molar-refractivity contribution in [3.63, 3.8) is 0 Å². The molecular weight excluding hydrogens is 526 g/mol. The van der Waals surface area contributed by atoms with Crippen molar-refractivity contribution in [3.05, 3.63) is 24.2 Å². The van der Waals surface area contributed by atoms with E-state index in [9.17, 15) is 20.0 Å². The number of rotatable bonds is 6. The number of anilines is 1. The molecule has 1 aliphatic heterocycles. The van der Waals surface area contributed by atoms with Gasteiger partial charge in [0.2, 0.25) is 5.60 Å². The second-order valence-electron chi connectivity index (χ2n) is 13.5. The van der Waals surface area contributed by atoms with E-state index in [2.05, 4.69) is 43.8 Å². The Bertz CT molecular complexity index is 1330. The van der Waals surface area contributed by atoms with E-state index < -0.39 is 42.5 Å². The average molecular weight is 568 g/mol.